The van der Waals surface area contributed by atoms with Crippen LogP contribution in [0.2, 0.25) is 0 Å². The van der Waals surface area contributed by atoms with Crippen molar-refractivity contribution in [3.8, 4) is 0 Å². The number of carbonyl (C=O) groups is 1. The number of hydrogen-bond donors (Lipinski definition) is 3. The normalized spacial score (nSPS) is 24.6. The Kier molecular flexibility index (Phi) is 6.30. The van der Waals surface area contributed by atoms with Crippen LogP contribution in [0.25, 0.3) is 10.9 Å². The van der Waals surface area contributed by atoms with E-state index in [-0.39, 0.29) is 18.5 Å². The maximum absolute atomic E-state index is 13.7. The molecule has 1 aromatic carbocycles. The first-order valence-corrected chi connectivity index (χ1v) is 12.7. The van der Waals surface area contributed by atoms with E-state index in [9.17, 15) is 14.3 Å². The van der Waals surface area contributed by atoms with Crippen molar-refractivity contribution in [3.05, 3.63) is 40.3 Å². The van der Waals surface area contributed by atoms with Crippen molar-refractivity contribution in [3.63, 3.8) is 0 Å². The molecule has 0 bridgehead atoms. The fraction of sp³-hybridized carbons (Fsp3) is 0.542. The fourth-order valence-electron chi connectivity index (χ4n) is 5.12. The topological polar surface area (TPSA) is 95.3 Å². The summed E-state index contributed by atoms with van der Waals surface area (Å²) in [6, 6.07) is 5.98. The summed E-state index contributed by atoms with van der Waals surface area (Å²) in [6.45, 7) is 3.28. The summed E-state index contributed by atoms with van der Waals surface area (Å²) < 4.78 is 15.5. The first kappa shape index (κ1) is 23.2. The third kappa shape index (κ3) is 4.54. The molecule has 0 spiro atoms. The molecule has 1 aliphatic heterocycles. The molecule has 3 heterocycles. The molecule has 1 aliphatic carbocycles. The van der Waals surface area contributed by atoms with Crippen LogP contribution in [0, 0.1) is 0 Å². The quantitative estimate of drug-likeness (QED) is 0.475. The molecule has 3 N–H and O–H groups in total. The van der Waals surface area contributed by atoms with E-state index in [1.807, 2.05) is 18.5 Å². The molecule has 1 amide bonds. The number of amides is 1. The molecule has 5 rings (SSSR count). The smallest absolute Gasteiger partial charge is 0.239 e. The Bertz CT molecular complexity index is 1150. The molecule has 8 nitrogen and oxygen atoms in total. The molecular weight excluding hydrogens is 455 g/mol. The lowest BCUT2D eigenvalue weighted by Gasteiger charge is -2.47. The maximum Gasteiger partial charge on any atom is 0.239 e. The van der Waals surface area contributed by atoms with Gasteiger partial charge in [0.05, 0.1) is 18.1 Å². The van der Waals surface area contributed by atoms with Crippen LogP contribution in [0.4, 0.5) is 10.2 Å². The number of nitrogens with zero attached hydrogens (tertiary/aromatic N) is 4. The lowest BCUT2D eigenvalue weighted by Crippen LogP contribution is -2.63. The zero-order valence-corrected chi connectivity index (χ0v) is 20.3. The SMILES string of the molecule is CC(F)c1ccc2c(c1)c(NCC(=O)NC1CN(C3CCC(O)(c4nccs4)CC3)C1)nn2C. The average Bonchev–Trinajstić information content (AvgIpc) is 3.44. The van der Waals surface area contributed by atoms with Crippen molar-refractivity contribution >= 4 is 34.0 Å². The molecule has 34 heavy (non-hydrogen) atoms. The van der Waals surface area contributed by atoms with Gasteiger partial charge in [-0.05, 0) is 50.3 Å². The minimum Gasteiger partial charge on any atom is -0.383 e. The second-order valence-electron chi connectivity index (χ2n) is 9.54. The third-order valence-corrected chi connectivity index (χ3v) is 8.12. The molecule has 1 atom stereocenters. The van der Waals surface area contributed by atoms with Crippen molar-refractivity contribution in [1.82, 2.24) is 25.0 Å². The largest absolute Gasteiger partial charge is 0.383 e. The molecule has 2 aromatic heterocycles. The second-order valence-corrected chi connectivity index (χ2v) is 10.4. The van der Waals surface area contributed by atoms with Crippen molar-refractivity contribution < 1.29 is 14.3 Å². The number of likely N-dealkylation sites (tertiary alicyclic amines) is 1. The van der Waals surface area contributed by atoms with Crippen LogP contribution < -0.4 is 10.6 Å². The number of aliphatic hydroxyl groups is 1. The fourth-order valence-corrected chi connectivity index (χ4v) is 5.91. The van der Waals surface area contributed by atoms with E-state index >= 15 is 0 Å². The summed E-state index contributed by atoms with van der Waals surface area (Å²) in [7, 11) is 1.83. The highest BCUT2D eigenvalue weighted by atomic mass is 32.1. The van der Waals surface area contributed by atoms with E-state index in [0.717, 1.165) is 54.7 Å². The van der Waals surface area contributed by atoms with Gasteiger partial charge in [-0.3, -0.25) is 14.4 Å². The highest BCUT2D eigenvalue weighted by molar-refractivity contribution is 7.09. The van der Waals surface area contributed by atoms with Gasteiger partial charge >= 0.3 is 0 Å². The third-order valence-electron chi connectivity index (χ3n) is 7.15. The van der Waals surface area contributed by atoms with Crippen molar-refractivity contribution in [2.75, 3.05) is 25.0 Å². The zero-order chi connectivity index (χ0) is 23.9. The molecule has 0 radical (unpaired) electrons. The van der Waals surface area contributed by atoms with Gasteiger partial charge in [-0.25, -0.2) is 9.37 Å². The Hall–Kier alpha value is -2.56. The van der Waals surface area contributed by atoms with E-state index in [4.69, 9.17) is 0 Å². The number of hydrogen-bond acceptors (Lipinski definition) is 7. The van der Waals surface area contributed by atoms with Crippen molar-refractivity contribution in [1.29, 1.82) is 0 Å². The standard InChI is InChI=1S/C24H31FN6O2S/c1-15(25)16-3-4-20-19(11-16)22(29-30(20)2)27-12-21(32)28-17-13-31(14-17)18-5-7-24(33,8-6-18)23-26-9-10-34-23/h3-4,9-11,15,17-18,33H,5-8,12-14H2,1-2H3,(H,27,29)(H,28,32). The van der Waals surface area contributed by atoms with Crippen molar-refractivity contribution in [2.24, 2.45) is 7.05 Å². The van der Waals surface area contributed by atoms with E-state index < -0.39 is 11.8 Å². The van der Waals surface area contributed by atoms with Crippen molar-refractivity contribution in [2.45, 2.75) is 56.5 Å². The first-order chi connectivity index (χ1) is 16.3. The van der Waals surface area contributed by atoms with Crippen LogP contribution >= 0.6 is 11.3 Å². The number of benzene rings is 1. The van der Waals surface area contributed by atoms with Gasteiger partial charge in [-0.2, -0.15) is 5.10 Å². The number of thiazole rings is 1. The van der Waals surface area contributed by atoms with Gasteiger partial charge in [-0.15, -0.1) is 11.3 Å². The molecule has 1 saturated heterocycles. The summed E-state index contributed by atoms with van der Waals surface area (Å²) >= 11 is 1.52. The van der Waals surface area contributed by atoms with Gasteiger partial charge < -0.3 is 15.7 Å². The van der Waals surface area contributed by atoms with E-state index in [1.54, 1.807) is 23.0 Å². The Balaban J connectivity index is 1.09. The molecule has 2 fully saturated rings. The number of alkyl halides is 1. The van der Waals surface area contributed by atoms with Crippen LogP contribution in [0.15, 0.2) is 29.8 Å². The summed E-state index contributed by atoms with van der Waals surface area (Å²) in [4.78, 5) is 19.2. The summed E-state index contributed by atoms with van der Waals surface area (Å²) in [5.41, 5.74) is 0.694. The summed E-state index contributed by atoms with van der Waals surface area (Å²) in [5, 5.41) is 25.1. The monoisotopic (exact) mass is 486 g/mol. The van der Waals surface area contributed by atoms with Crippen LogP contribution in [0.1, 0.15) is 49.3 Å². The van der Waals surface area contributed by atoms with E-state index in [1.165, 1.54) is 18.3 Å². The lowest BCUT2D eigenvalue weighted by atomic mass is 9.81. The number of nitrogens with one attached hydrogen (secondary N) is 2. The number of rotatable bonds is 7. The minimum atomic E-state index is -1.06. The van der Waals surface area contributed by atoms with Crippen LogP contribution in [-0.4, -0.2) is 62.4 Å². The molecule has 10 heteroatoms. The van der Waals surface area contributed by atoms with Crippen LogP contribution in [-0.2, 0) is 17.4 Å². The summed E-state index contributed by atoms with van der Waals surface area (Å²) in [5.74, 6) is 0.501. The average molecular weight is 487 g/mol. The summed E-state index contributed by atoms with van der Waals surface area (Å²) in [6.07, 6.45) is 4.01. The predicted octanol–water partition coefficient (Wildman–Crippen LogP) is 3.10. The minimum absolute atomic E-state index is 0.0831. The van der Waals surface area contributed by atoms with Gasteiger partial charge in [0, 0.05) is 43.1 Å². The number of carbonyl (C=O) groups excluding carboxylic acids is 1. The molecule has 1 saturated carbocycles. The van der Waals surface area contributed by atoms with Crippen LogP contribution in [0.5, 0.6) is 0 Å². The highest BCUT2D eigenvalue weighted by Crippen LogP contribution is 2.40. The Labute approximate surface area is 202 Å². The van der Waals surface area contributed by atoms with Gasteiger partial charge in [-0.1, -0.05) is 6.07 Å². The Morgan fingerprint density at radius 3 is 2.79 bits per heavy atom. The van der Waals surface area contributed by atoms with Gasteiger partial charge in [0.25, 0.3) is 0 Å². The number of halogens is 1. The number of aryl methyl sites for hydroxylation is 1. The Morgan fingerprint density at radius 1 is 1.35 bits per heavy atom. The number of anilines is 1. The predicted molar refractivity (Wildman–Crippen MR) is 130 cm³/mol. The second kappa shape index (κ2) is 9.24. The van der Waals surface area contributed by atoms with Crippen LogP contribution in [0.3, 0.4) is 0 Å². The van der Waals surface area contributed by atoms with Gasteiger partial charge in [0.15, 0.2) is 5.82 Å². The van der Waals surface area contributed by atoms with Gasteiger partial charge in [0.1, 0.15) is 16.8 Å². The maximum atomic E-state index is 13.7. The molecule has 182 valence electrons. The molecule has 1 unspecified atom stereocenters. The molecule has 2 aliphatic rings. The van der Waals surface area contributed by atoms with E-state index in [0.29, 0.717) is 17.4 Å². The number of aromatic nitrogens is 3. The Morgan fingerprint density at radius 2 is 2.12 bits per heavy atom. The lowest BCUT2D eigenvalue weighted by molar-refractivity contribution is -0.121. The van der Waals surface area contributed by atoms with E-state index in [2.05, 4.69) is 25.6 Å². The van der Waals surface area contributed by atoms with Gasteiger partial charge in [0.2, 0.25) is 5.91 Å². The molecule has 3 aromatic rings. The highest BCUT2D eigenvalue weighted by Gasteiger charge is 2.41. The molecular formula is C24H31FN6O2S. The first-order valence-electron chi connectivity index (χ1n) is 11.8. The number of fused-ring (bicyclic) bond motifs is 1. The zero-order valence-electron chi connectivity index (χ0n) is 19.5.